The molecule has 2 aromatic rings. The molecule has 1 aliphatic rings. The number of fused-ring (bicyclic) bond motifs is 2. The van der Waals surface area contributed by atoms with Gasteiger partial charge in [-0.25, -0.2) is 4.79 Å². The largest absolute Gasteiger partial charge is 0.478 e. The molecule has 1 aliphatic carbocycles. The third-order valence-electron chi connectivity index (χ3n) is 3.38. The number of benzene rings is 1. The van der Waals surface area contributed by atoms with Crippen LogP contribution in [0, 0.1) is 6.92 Å². The van der Waals surface area contributed by atoms with Crippen LogP contribution in [-0.4, -0.2) is 16.1 Å². The van der Waals surface area contributed by atoms with Crippen molar-refractivity contribution in [2.24, 2.45) is 0 Å². The highest BCUT2D eigenvalue weighted by Crippen LogP contribution is 2.30. The first-order valence-electron chi connectivity index (χ1n) is 5.82. The van der Waals surface area contributed by atoms with Crippen molar-refractivity contribution >= 4 is 16.9 Å². The molecule has 3 heteroatoms. The maximum atomic E-state index is 11.4. The second-order valence-electron chi connectivity index (χ2n) is 4.59. The van der Waals surface area contributed by atoms with Crippen LogP contribution in [0.5, 0.6) is 0 Å². The van der Waals surface area contributed by atoms with Gasteiger partial charge in [0.25, 0.3) is 0 Å². The van der Waals surface area contributed by atoms with Crippen molar-refractivity contribution < 1.29 is 9.90 Å². The lowest BCUT2D eigenvalue weighted by atomic mass is 10.0. The van der Waals surface area contributed by atoms with E-state index < -0.39 is 5.97 Å². The van der Waals surface area contributed by atoms with E-state index in [-0.39, 0.29) is 0 Å². The van der Waals surface area contributed by atoms with Crippen LogP contribution in [0.1, 0.15) is 33.6 Å². The Morgan fingerprint density at radius 1 is 1.35 bits per heavy atom. The molecule has 0 saturated heterocycles. The van der Waals surface area contributed by atoms with E-state index in [0.717, 1.165) is 47.0 Å². The van der Waals surface area contributed by atoms with Gasteiger partial charge in [-0.2, -0.15) is 0 Å². The topological polar surface area (TPSA) is 50.2 Å². The monoisotopic (exact) mass is 227 g/mol. The second-order valence-corrected chi connectivity index (χ2v) is 4.59. The average molecular weight is 227 g/mol. The lowest BCUT2D eigenvalue weighted by Gasteiger charge is -2.09. The highest BCUT2D eigenvalue weighted by Gasteiger charge is 2.23. The van der Waals surface area contributed by atoms with E-state index >= 15 is 0 Å². The number of carboxylic acids is 1. The fourth-order valence-electron chi connectivity index (χ4n) is 2.62. The van der Waals surface area contributed by atoms with Crippen LogP contribution in [0.15, 0.2) is 18.2 Å². The summed E-state index contributed by atoms with van der Waals surface area (Å²) in [6, 6.07) is 5.78. The number of pyridine rings is 1. The molecule has 1 aromatic carbocycles. The first kappa shape index (κ1) is 10.3. The van der Waals surface area contributed by atoms with Crippen molar-refractivity contribution in [1.82, 2.24) is 4.98 Å². The van der Waals surface area contributed by atoms with Gasteiger partial charge in [-0.15, -0.1) is 0 Å². The van der Waals surface area contributed by atoms with Gasteiger partial charge >= 0.3 is 5.97 Å². The lowest BCUT2D eigenvalue weighted by Crippen LogP contribution is -2.05. The number of aryl methyl sites for hydroxylation is 2. The van der Waals surface area contributed by atoms with E-state index in [9.17, 15) is 9.90 Å². The average Bonchev–Trinajstić information content (AvgIpc) is 2.72. The molecule has 1 N–H and O–H groups in total. The highest BCUT2D eigenvalue weighted by atomic mass is 16.4. The number of aromatic carboxylic acids is 1. The molecule has 1 heterocycles. The van der Waals surface area contributed by atoms with Gasteiger partial charge in [-0.1, -0.05) is 12.1 Å². The molecular weight excluding hydrogens is 214 g/mol. The molecular formula is C14H13NO2. The van der Waals surface area contributed by atoms with Gasteiger partial charge in [0.1, 0.15) is 0 Å². The zero-order valence-corrected chi connectivity index (χ0v) is 9.66. The van der Waals surface area contributed by atoms with Crippen molar-refractivity contribution in [3.05, 3.63) is 40.6 Å². The summed E-state index contributed by atoms with van der Waals surface area (Å²) in [4.78, 5) is 16.0. The van der Waals surface area contributed by atoms with Gasteiger partial charge in [0, 0.05) is 11.1 Å². The van der Waals surface area contributed by atoms with Gasteiger partial charge in [0.05, 0.1) is 11.1 Å². The number of rotatable bonds is 1. The summed E-state index contributed by atoms with van der Waals surface area (Å²) >= 11 is 0. The van der Waals surface area contributed by atoms with Crippen LogP contribution in [0.2, 0.25) is 0 Å². The zero-order chi connectivity index (χ0) is 12.0. The summed E-state index contributed by atoms with van der Waals surface area (Å²) < 4.78 is 0. The standard InChI is InChI=1S/C14H13NO2/c1-8-5-6-10-12(7-8)15-11-4-2-3-9(11)13(10)14(16)17/h5-7H,2-4H2,1H3,(H,16,17). The molecule has 0 spiro atoms. The van der Waals surface area contributed by atoms with Gasteiger partial charge in [-0.05, 0) is 43.4 Å². The van der Waals surface area contributed by atoms with E-state index in [1.54, 1.807) is 0 Å². The van der Waals surface area contributed by atoms with Crippen molar-refractivity contribution in [1.29, 1.82) is 0 Å². The Kier molecular flexibility index (Phi) is 2.15. The fourth-order valence-corrected chi connectivity index (χ4v) is 2.62. The van der Waals surface area contributed by atoms with Crippen LogP contribution < -0.4 is 0 Å². The molecule has 17 heavy (non-hydrogen) atoms. The minimum atomic E-state index is -0.834. The predicted octanol–water partition coefficient (Wildman–Crippen LogP) is 2.73. The maximum Gasteiger partial charge on any atom is 0.336 e. The van der Waals surface area contributed by atoms with E-state index in [0.29, 0.717) is 5.56 Å². The molecule has 0 radical (unpaired) electrons. The van der Waals surface area contributed by atoms with Crippen LogP contribution in [0.4, 0.5) is 0 Å². The SMILES string of the molecule is Cc1ccc2c(C(=O)O)c3c(nc2c1)CCC3. The van der Waals surface area contributed by atoms with Crippen LogP contribution >= 0.6 is 0 Å². The van der Waals surface area contributed by atoms with E-state index in [1.165, 1.54) is 0 Å². The van der Waals surface area contributed by atoms with Crippen molar-refractivity contribution in [2.75, 3.05) is 0 Å². The summed E-state index contributed by atoms with van der Waals surface area (Å²) in [5.74, 6) is -0.834. The Labute approximate surface area is 99.1 Å². The molecule has 0 unspecified atom stereocenters. The second kappa shape index (κ2) is 3.55. The number of hydrogen-bond donors (Lipinski definition) is 1. The normalized spacial score (nSPS) is 13.9. The minimum absolute atomic E-state index is 0.461. The number of carboxylic acid groups (broad SMARTS) is 1. The van der Waals surface area contributed by atoms with Crippen LogP contribution in [-0.2, 0) is 12.8 Å². The fraction of sp³-hybridized carbons (Fsp3) is 0.286. The van der Waals surface area contributed by atoms with Gasteiger partial charge in [-0.3, -0.25) is 4.98 Å². The Hall–Kier alpha value is -1.90. The number of nitrogens with zero attached hydrogens (tertiary/aromatic N) is 1. The molecule has 0 bridgehead atoms. The number of carbonyl (C=O) groups is 1. The number of aromatic nitrogens is 1. The molecule has 0 aliphatic heterocycles. The predicted molar refractivity (Wildman–Crippen MR) is 65.5 cm³/mol. The quantitative estimate of drug-likeness (QED) is 0.814. The van der Waals surface area contributed by atoms with Crippen molar-refractivity contribution in [3.8, 4) is 0 Å². The molecule has 0 atom stereocenters. The van der Waals surface area contributed by atoms with E-state index in [2.05, 4.69) is 4.98 Å². The summed E-state index contributed by atoms with van der Waals surface area (Å²) in [5, 5.41) is 10.2. The third-order valence-corrected chi connectivity index (χ3v) is 3.38. The zero-order valence-electron chi connectivity index (χ0n) is 9.66. The number of hydrogen-bond acceptors (Lipinski definition) is 2. The minimum Gasteiger partial charge on any atom is -0.478 e. The van der Waals surface area contributed by atoms with Gasteiger partial charge in [0.15, 0.2) is 0 Å². The maximum absolute atomic E-state index is 11.4. The first-order valence-corrected chi connectivity index (χ1v) is 5.82. The highest BCUT2D eigenvalue weighted by molar-refractivity contribution is 6.04. The van der Waals surface area contributed by atoms with Gasteiger partial charge in [0.2, 0.25) is 0 Å². The molecule has 0 saturated carbocycles. The Morgan fingerprint density at radius 3 is 2.94 bits per heavy atom. The summed E-state index contributed by atoms with van der Waals surface area (Å²) in [6.07, 6.45) is 2.76. The summed E-state index contributed by atoms with van der Waals surface area (Å²) in [7, 11) is 0. The van der Waals surface area contributed by atoms with E-state index in [1.807, 2.05) is 25.1 Å². The van der Waals surface area contributed by atoms with Crippen molar-refractivity contribution in [3.63, 3.8) is 0 Å². The molecule has 1 aromatic heterocycles. The Bertz CT molecular complexity index is 632. The summed E-state index contributed by atoms with van der Waals surface area (Å²) in [5.41, 5.74) is 4.29. The van der Waals surface area contributed by atoms with Crippen molar-refractivity contribution in [2.45, 2.75) is 26.2 Å². The van der Waals surface area contributed by atoms with E-state index in [4.69, 9.17) is 0 Å². The molecule has 0 amide bonds. The lowest BCUT2D eigenvalue weighted by molar-refractivity contribution is 0.0698. The molecule has 86 valence electrons. The molecule has 3 rings (SSSR count). The van der Waals surface area contributed by atoms with Crippen LogP contribution in [0.3, 0.4) is 0 Å². The Morgan fingerprint density at radius 2 is 2.18 bits per heavy atom. The molecule has 0 fully saturated rings. The smallest absolute Gasteiger partial charge is 0.336 e. The summed E-state index contributed by atoms with van der Waals surface area (Å²) in [6.45, 7) is 1.99. The van der Waals surface area contributed by atoms with Gasteiger partial charge < -0.3 is 5.11 Å². The van der Waals surface area contributed by atoms with Crippen LogP contribution in [0.25, 0.3) is 10.9 Å². The molecule has 3 nitrogen and oxygen atoms in total. The third kappa shape index (κ3) is 1.50. The Balaban J connectivity index is 2.44. The first-order chi connectivity index (χ1) is 8.16.